The maximum atomic E-state index is 6.45. The summed E-state index contributed by atoms with van der Waals surface area (Å²) >= 11 is 3.68. The van der Waals surface area contributed by atoms with Crippen molar-refractivity contribution >= 4 is 55.8 Å². The minimum Gasteiger partial charge on any atom is -0.456 e. The van der Waals surface area contributed by atoms with Crippen LogP contribution >= 0.6 is 23.5 Å². The molecule has 8 rings (SSSR count). The molecule has 0 radical (unpaired) electrons. The molecule has 1 nitrogen and oxygen atoms in total. The fraction of sp³-hybridized carbons (Fsp3) is 0. The normalized spacial score (nSPS) is 12.6. The predicted octanol–water partition coefficient (Wildman–Crippen LogP) is 10.7. The van der Waals surface area contributed by atoms with Crippen LogP contribution in [0.4, 0.5) is 0 Å². The number of hydrogen-bond donors (Lipinski definition) is 0. The molecule has 0 spiro atoms. The van der Waals surface area contributed by atoms with E-state index in [1.54, 1.807) is 0 Å². The summed E-state index contributed by atoms with van der Waals surface area (Å²) in [7, 11) is 0. The van der Waals surface area contributed by atoms with E-state index in [-0.39, 0.29) is 0 Å². The fourth-order valence-corrected chi connectivity index (χ4v) is 7.64. The highest BCUT2D eigenvalue weighted by atomic mass is 32.2. The average molecular weight is 509 g/mol. The molecule has 0 atom stereocenters. The van der Waals surface area contributed by atoms with Crippen LogP contribution in [0, 0.1) is 0 Å². The molecule has 0 bridgehead atoms. The minimum atomic E-state index is 0.888. The molecule has 6 aromatic carbocycles. The molecule has 37 heavy (non-hydrogen) atoms. The van der Waals surface area contributed by atoms with Crippen molar-refractivity contribution < 1.29 is 4.42 Å². The third-order valence-electron chi connectivity index (χ3n) is 7.15. The van der Waals surface area contributed by atoms with E-state index in [2.05, 4.69) is 121 Å². The van der Waals surface area contributed by atoms with Crippen LogP contribution in [0.2, 0.25) is 0 Å². The first-order valence-corrected chi connectivity index (χ1v) is 14.0. The van der Waals surface area contributed by atoms with E-state index >= 15 is 0 Å². The van der Waals surface area contributed by atoms with Gasteiger partial charge in [-0.15, -0.1) is 0 Å². The van der Waals surface area contributed by atoms with Gasteiger partial charge in [0.1, 0.15) is 11.5 Å². The van der Waals surface area contributed by atoms with Crippen LogP contribution in [-0.2, 0) is 0 Å². The van der Waals surface area contributed by atoms with E-state index in [0.717, 1.165) is 22.6 Å². The van der Waals surface area contributed by atoms with Gasteiger partial charge in [0.2, 0.25) is 0 Å². The second-order valence-electron chi connectivity index (χ2n) is 9.33. The molecule has 0 fully saturated rings. The highest BCUT2D eigenvalue weighted by molar-refractivity contribution is 8.05. The Labute approximate surface area is 223 Å². The van der Waals surface area contributed by atoms with Gasteiger partial charge in [0, 0.05) is 30.7 Å². The van der Waals surface area contributed by atoms with Gasteiger partial charge in [-0.1, -0.05) is 102 Å². The molecule has 0 amide bonds. The number of furan rings is 1. The van der Waals surface area contributed by atoms with Gasteiger partial charge in [-0.25, -0.2) is 0 Å². The first-order chi connectivity index (χ1) is 18.3. The standard InChI is InChI=1S/C34H20OS2/c1-2-9-25-23(7-1)24-8-3-4-10-26(24)28-19-21(13-15-27(25)28)29-16-17-30(35-29)22-14-18-33-34(20-22)37-32-12-6-5-11-31(32)36-33/h1-20H. The van der Waals surface area contributed by atoms with Crippen molar-refractivity contribution in [1.29, 1.82) is 0 Å². The minimum absolute atomic E-state index is 0.888. The van der Waals surface area contributed by atoms with Crippen LogP contribution in [0.15, 0.2) is 145 Å². The van der Waals surface area contributed by atoms with E-state index in [4.69, 9.17) is 4.42 Å². The Kier molecular flexibility index (Phi) is 4.76. The summed E-state index contributed by atoms with van der Waals surface area (Å²) < 4.78 is 6.45. The summed E-state index contributed by atoms with van der Waals surface area (Å²) in [5, 5.41) is 7.67. The van der Waals surface area contributed by atoms with Gasteiger partial charge >= 0.3 is 0 Å². The van der Waals surface area contributed by atoms with E-state index < -0.39 is 0 Å². The van der Waals surface area contributed by atoms with Crippen molar-refractivity contribution in [2.45, 2.75) is 19.6 Å². The van der Waals surface area contributed by atoms with Crippen LogP contribution in [0.1, 0.15) is 0 Å². The molecule has 1 aromatic heterocycles. The van der Waals surface area contributed by atoms with Crippen molar-refractivity contribution in [3.05, 3.63) is 121 Å². The molecule has 0 N–H and O–H groups in total. The molecule has 0 saturated heterocycles. The Balaban J connectivity index is 1.22. The molecule has 0 unspecified atom stereocenters. The molecule has 1 aliphatic rings. The van der Waals surface area contributed by atoms with E-state index in [9.17, 15) is 0 Å². The number of fused-ring (bicyclic) bond motifs is 8. The van der Waals surface area contributed by atoms with Crippen LogP contribution in [0.25, 0.3) is 55.0 Å². The van der Waals surface area contributed by atoms with Crippen LogP contribution in [0.3, 0.4) is 0 Å². The molecule has 3 heteroatoms. The quantitative estimate of drug-likeness (QED) is 0.216. The van der Waals surface area contributed by atoms with Gasteiger partial charge < -0.3 is 4.42 Å². The Hall–Kier alpha value is -3.92. The molecule has 2 heterocycles. The number of rotatable bonds is 2. The van der Waals surface area contributed by atoms with Crippen molar-refractivity contribution in [3.63, 3.8) is 0 Å². The van der Waals surface area contributed by atoms with Crippen molar-refractivity contribution in [2.24, 2.45) is 0 Å². The maximum absolute atomic E-state index is 6.45. The van der Waals surface area contributed by atoms with E-state index in [0.29, 0.717) is 0 Å². The molecule has 7 aromatic rings. The largest absolute Gasteiger partial charge is 0.456 e. The number of hydrogen-bond acceptors (Lipinski definition) is 3. The zero-order valence-electron chi connectivity index (χ0n) is 19.8. The lowest BCUT2D eigenvalue weighted by molar-refractivity contribution is 0.597. The summed E-state index contributed by atoms with van der Waals surface area (Å²) in [5.41, 5.74) is 2.20. The second kappa shape index (κ2) is 8.31. The van der Waals surface area contributed by atoms with Crippen LogP contribution in [-0.4, -0.2) is 0 Å². The maximum Gasteiger partial charge on any atom is 0.134 e. The van der Waals surface area contributed by atoms with Crippen LogP contribution < -0.4 is 0 Å². The fourth-order valence-electron chi connectivity index (χ4n) is 5.39. The highest BCUT2D eigenvalue weighted by Crippen LogP contribution is 2.49. The monoisotopic (exact) mass is 508 g/mol. The lowest BCUT2D eigenvalue weighted by atomic mass is 9.93. The van der Waals surface area contributed by atoms with E-state index in [1.807, 2.05) is 23.5 Å². The summed E-state index contributed by atoms with van der Waals surface area (Å²) in [4.78, 5) is 5.22. The lowest BCUT2D eigenvalue weighted by Gasteiger charge is -2.18. The van der Waals surface area contributed by atoms with Crippen molar-refractivity contribution in [1.82, 2.24) is 0 Å². The zero-order chi connectivity index (χ0) is 24.3. The van der Waals surface area contributed by atoms with Gasteiger partial charge in [-0.05, 0) is 74.8 Å². The Morgan fingerprint density at radius 3 is 1.46 bits per heavy atom. The van der Waals surface area contributed by atoms with Gasteiger partial charge in [-0.2, -0.15) is 0 Å². The van der Waals surface area contributed by atoms with Gasteiger partial charge in [0.15, 0.2) is 0 Å². The predicted molar refractivity (Wildman–Crippen MR) is 157 cm³/mol. The number of benzene rings is 6. The van der Waals surface area contributed by atoms with Crippen molar-refractivity contribution in [2.75, 3.05) is 0 Å². The van der Waals surface area contributed by atoms with Gasteiger partial charge in [0.25, 0.3) is 0 Å². The third kappa shape index (κ3) is 3.42. The van der Waals surface area contributed by atoms with Crippen molar-refractivity contribution in [3.8, 4) is 22.6 Å². The van der Waals surface area contributed by atoms with Crippen LogP contribution in [0.5, 0.6) is 0 Å². The highest BCUT2D eigenvalue weighted by Gasteiger charge is 2.18. The lowest BCUT2D eigenvalue weighted by Crippen LogP contribution is -1.89. The summed E-state index contributed by atoms with van der Waals surface area (Å²) in [6.45, 7) is 0. The SMILES string of the molecule is c1ccc2c(c1)Sc1ccc(-c3ccc(-c4ccc5c6ccccc6c6ccccc6c5c4)o3)cc1S2. The zero-order valence-corrected chi connectivity index (χ0v) is 21.4. The molecular formula is C34H20OS2. The van der Waals surface area contributed by atoms with Gasteiger partial charge in [0.05, 0.1) is 0 Å². The Morgan fingerprint density at radius 1 is 0.351 bits per heavy atom. The molecule has 0 aliphatic carbocycles. The summed E-state index contributed by atoms with van der Waals surface area (Å²) in [6.07, 6.45) is 0. The summed E-state index contributed by atoms with van der Waals surface area (Å²) in [5.74, 6) is 1.78. The first-order valence-electron chi connectivity index (χ1n) is 12.3. The Morgan fingerprint density at radius 2 is 0.811 bits per heavy atom. The molecular weight excluding hydrogens is 489 g/mol. The second-order valence-corrected chi connectivity index (χ2v) is 11.5. The van der Waals surface area contributed by atoms with E-state index in [1.165, 1.54) is 51.9 Å². The van der Waals surface area contributed by atoms with Gasteiger partial charge in [-0.3, -0.25) is 0 Å². The average Bonchev–Trinajstić information content (AvgIpc) is 3.46. The first kappa shape index (κ1) is 21.2. The Bertz CT molecular complexity index is 1960. The summed E-state index contributed by atoms with van der Waals surface area (Å²) in [6, 6.07) is 43.5. The third-order valence-corrected chi connectivity index (χ3v) is 9.70. The smallest absolute Gasteiger partial charge is 0.134 e. The molecule has 174 valence electrons. The molecule has 0 saturated carbocycles. The molecule has 1 aliphatic heterocycles. The topological polar surface area (TPSA) is 13.1 Å².